The second kappa shape index (κ2) is 12.0. The van der Waals surface area contributed by atoms with Crippen LogP contribution in [0.5, 0.6) is 0 Å². The average molecular weight is 516 g/mol. The first-order chi connectivity index (χ1) is 12.9. The Morgan fingerprint density at radius 2 is 1.64 bits per heavy atom. The summed E-state index contributed by atoms with van der Waals surface area (Å²) < 4.78 is 27.2. The van der Waals surface area contributed by atoms with Crippen molar-refractivity contribution in [3.8, 4) is 0 Å². The van der Waals surface area contributed by atoms with E-state index in [2.05, 4.69) is 39.4 Å². The van der Waals surface area contributed by atoms with E-state index in [0.717, 1.165) is 17.7 Å². The predicted molar refractivity (Wildman–Crippen MR) is 126 cm³/mol. The Hall–Kier alpha value is -1.65. The number of hydrogen-bond acceptors (Lipinski definition) is 3. The van der Waals surface area contributed by atoms with Crippen molar-refractivity contribution in [3.05, 3.63) is 65.2 Å². The lowest BCUT2D eigenvalue weighted by atomic mass is 10.1. The Morgan fingerprint density at radius 1 is 0.964 bits per heavy atom. The lowest BCUT2D eigenvalue weighted by Crippen LogP contribution is -2.41. The average Bonchev–Trinajstić information content (AvgIpc) is 2.64. The third-order valence-electron chi connectivity index (χ3n) is 4.05. The van der Waals surface area contributed by atoms with Gasteiger partial charge in [0.25, 0.3) is 0 Å². The molecule has 0 amide bonds. The van der Waals surface area contributed by atoms with Gasteiger partial charge in [-0.1, -0.05) is 42.0 Å². The molecule has 0 aliphatic carbocycles. The van der Waals surface area contributed by atoms with Crippen LogP contribution in [0.15, 0.2) is 58.4 Å². The van der Waals surface area contributed by atoms with Gasteiger partial charge in [-0.3, -0.25) is 0 Å². The zero-order valence-electron chi connectivity index (χ0n) is 16.5. The highest BCUT2D eigenvalue weighted by Gasteiger charge is 2.12. The van der Waals surface area contributed by atoms with Gasteiger partial charge < -0.3 is 10.6 Å². The van der Waals surface area contributed by atoms with Crippen molar-refractivity contribution < 1.29 is 8.42 Å². The zero-order valence-corrected chi connectivity index (χ0v) is 19.7. The molecule has 0 aliphatic rings. The minimum atomic E-state index is -3.50. The molecule has 0 heterocycles. The van der Waals surface area contributed by atoms with Gasteiger partial charge in [-0.15, -0.1) is 24.0 Å². The Bertz CT molecular complexity index is 868. The SMILES string of the molecule is CCNC(=NCc1ccccc1C)NCCNS(=O)(=O)c1ccc(C)cc1.I. The van der Waals surface area contributed by atoms with Gasteiger partial charge in [0, 0.05) is 19.6 Å². The summed E-state index contributed by atoms with van der Waals surface area (Å²) in [5.74, 6) is 0.662. The quantitative estimate of drug-likeness (QED) is 0.218. The van der Waals surface area contributed by atoms with E-state index in [9.17, 15) is 8.42 Å². The van der Waals surface area contributed by atoms with E-state index in [1.807, 2.05) is 26.0 Å². The Morgan fingerprint density at radius 3 is 2.29 bits per heavy atom. The van der Waals surface area contributed by atoms with Gasteiger partial charge in [-0.2, -0.15) is 0 Å². The first kappa shape index (κ1) is 24.4. The fourth-order valence-corrected chi connectivity index (χ4v) is 3.49. The third-order valence-corrected chi connectivity index (χ3v) is 5.53. The van der Waals surface area contributed by atoms with Crippen LogP contribution in [-0.4, -0.2) is 34.0 Å². The standard InChI is InChI=1S/C20H28N4O2S.HI/c1-4-21-20(23-15-18-8-6-5-7-17(18)3)22-13-14-24-27(25,26)19-11-9-16(2)10-12-19;/h5-12,24H,4,13-15H2,1-3H3,(H2,21,22,23);1H. The Labute approximate surface area is 185 Å². The highest BCUT2D eigenvalue weighted by Crippen LogP contribution is 2.09. The van der Waals surface area contributed by atoms with Gasteiger partial charge in [0.1, 0.15) is 0 Å². The molecule has 0 unspecified atom stereocenters. The number of aryl methyl sites for hydroxylation is 2. The molecule has 0 bridgehead atoms. The van der Waals surface area contributed by atoms with Crippen LogP contribution in [0.3, 0.4) is 0 Å². The Kier molecular flexibility index (Phi) is 10.5. The molecule has 0 radical (unpaired) electrons. The van der Waals surface area contributed by atoms with E-state index >= 15 is 0 Å². The van der Waals surface area contributed by atoms with E-state index < -0.39 is 10.0 Å². The van der Waals surface area contributed by atoms with Crippen molar-refractivity contribution in [3.63, 3.8) is 0 Å². The largest absolute Gasteiger partial charge is 0.357 e. The molecule has 154 valence electrons. The number of aliphatic imine (C=N–C) groups is 1. The molecule has 3 N–H and O–H groups in total. The molecule has 0 atom stereocenters. The first-order valence-electron chi connectivity index (χ1n) is 9.05. The lowest BCUT2D eigenvalue weighted by molar-refractivity contribution is 0.580. The van der Waals surface area contributed by atoms with E-state index in [0.29, 0.717) is 19.0 Å². The lowest BCUT2D eigenvalue weighted by Gasteiger charge is -2.12. The molecule has 2 aromatic rings. The molecule has 28 heavy (non-hydrogen) atoms. The summed E-state index contributed by atoms with van der Waals surface area (Å²) in [5, 5.41) is 6.33. The molecule has 2 aromatic carbocycles. The second-order valence-electron chi connectivity index (χ2n) is 6.26. The maximum absolute atomic E-state index is 12.3. The molecule has 0 fully saturated rings. The summed E-state index contributed by atoms with van der Waals surface area (Å²) in [6, 6.07) is 14.9. The molecule has 0 saturated heterocycles. The van der Waals surface area contributed by atoms with Gasteiger partial charge in [-0.05, 0) is 44.0 Å². The number of sulfonamides is 1. The van der Waals surface area contributed by atoms with Crippen LogP contribution in [0.25, 0.3) is 0 Å². The topological polar surface area (TPSA) is 82.6 Å². The maximum atomic E-state index is 12.3. The van der Waals surface area contributed by atoms with Crippen LogP contribution in [0, 0.1) is 13.8 Å². The van der Waals surface area contributed by atoms with Crippen molar-refractivity contribution in [2.24, 2.45) is 4.99 Å². The maximum Gasteiger partial charge on any atom is 0.240 e. The number of guanidine groups is 1. The first-order valence-corrected chi connectivity index (χ1v) is 10.5. The smallest absolute Gasteiger partial charge is 0.240 e. The molecule has 6 nitrogen and oxygen atoms in total. The zero-order chi connectivity index (χ0) is 19.7. The normalized spacial score (nSPS) is 11.6. The molecule has 0 aromatic heterocycles. The van der Waals surface area contributed by atoms with Crippen LogP contribution in [0.4, 0.5) is 0 Å². The van der Waals surface area contributed by atoms with E-state index in [4.69, 9.17) is 0 Å². The third kappa shape index (κ3) is 7.76. The van der Waals surface area contributed by atoms with Crippen LogP contribution in [0.2, 0.25) is 0 Å². The summed E-state index contributed by atoms with van der Waals surface area (Å²) in [4.78, 5) is 4.84. The van der Waals surface area contributed by atoms with Crippen molar-refractivity contribution in [1.29, 1.82) is 0 Å². The molecule has 8 heteroatoms. The highest BCUT2D eigenvalue weighted by molar-refractivity contribution is 14.0. The molecule has 0 saturated carbocycles. The number of halogens is 1. The number of nitrogens with one attached hydrogen (secondary N) is 3. The monoisotopic (exact) mass is 516 g/mol. The summed E-state index contributed by atoms with van der Waals surface area (Å²) in [5.41, 5.74) is 3.38. The van der Waals surface area contributed by atoms with Gasteiger partial charge >= 0.3 is 0 Å². The number of rotatable bonds is 8. The fraction of sp³-hybridized carbons (Fsp3) is 0.350. The molecule has 0 spiro atoms. The highest BCUT2D eigenvalue weighted by atomic mass is 127. The van der Waals surface area contributed by atoms with Gasteiger partial charge in [0.05, 0.1) is 11.4 Å². The fourth-order valence-electron chi connectivity index (χ4n) is 2.46. The van der Waals surface area contributed by atoms with Crippen LogP contribution >= 0.6 is 24.0 Å². The van der Waals surface area contributed by atoms with Crippen LogP contribution in [-0.2, 0) is 16.6 Å². The molecular weight excluding hydrogens is 487 g/mol. The van der Waals surface area contributed by atoms with Crippen molar-refractivity contribution in [2.75, 3.05) is 19.6 Å². The van der Waals surface area contributed by atoms with Crippen molar-refractivity contribution >= 4 is 40.0 Å². The van der Waals surface area contributed by atoms with Gasteiger partial charge in [0.15, 0.2) is 5.96 Å². The van der Waals surface area contributed by atoms with Crippen LogP contribution < -0.4 is 15.4 Å². The number of benzene rings is 2. The molecule has 0 aliphatic heterocycles. The minimum absolute atomic E-state index is 0. The van der Waals surface area contributed by atoms with E-state index in [-0.39, 0.29) is 35.4 Å². The van der Waals surface area contributed by atoms with Crippen LogP contribution in [0.1, 0.15) is 23.6 Å². The molecular formula is C20H29IN4O2S. The molecule has 2 rings (SSSR count). The predicted octanol–water partition coefficient (Wildman–Crippen LogP) is 2.96. The Balaban J connectivity index is 0.00000392. The number of nitrogens with zero attached hydrogens (tertiary/aromatic N) is 1. The van der Waals surface area contributed by atoms with Gasteiger partial charge in [-0.25, -0.2) is 18.1 Å². The van der Waals surface area contributed by atoms with E-state index in [1.54, 1.807) is 24.3 Å². The second-order valence-corrected chi connectivity index (χ2v) is 8.03. The number of hydrogen-bond donors (Lipinski definition) is 3. The van der Waals surface area contributed by atoms with Crippen molar-refractivity contribution in [2.45, 2.75) is 32.2 Å². The summed E-state index contributed by atoms with van der Waals surface area (Å²) in [6.45, 7) is 7.98. The van der Waals surface area contributed by atoms with E-state index in [1.165, 1.54) is 5.56 Å². The summed E-state index contributed by atoms with van der Waals surface area (Å²) in [7, 11) is -3.50. The van der Waals surface area contributed by atoms with Crippen molar-refractivity contribution in [1.82, 2.24) is 15.4 Å². The minimum Gasteiger partial charge on any atom is -0.357 e. The van der Waals surface area contributed by atoms with Gasteiger partial charge in [0.2, 0.25) is 10.0 Å². The summed E-state index contributed by atoms with van der Waals surface area (Å²) in [6.07, 6.45) is 0. The summed E-state index contributed by atoms with van der Waals surface area (Å²) >= 11 is 0.